The minimum absolute atomic E-state index is 0.000292. The molecule has 0 aliphatic carbocycles. The third kappa shape index (κ3) is 2.35. The third-order valence-corrected chi connectivity index (χ3v) is 3.50. The standard InChI is InChI=1S/C15H16N4O/c16-9-11-1-3-13(4-2-11)19-10-14(18-15(19)20)12-5-7-17-8-6-12/h1-8,14H,9-10,16H2,(H,18,20). The summed E-state index contributed by atoms with van der Waals surface area (Å²) in [5, 5.41) is 2.98. The van der Waals surface area contributed by atoms with Gasteiger partial charge in [0.1, 0.15) is 0 Å². The lowest BCUT2D eigenvalue weighted by Crippen LogP contribution is -2.27. The zero-order valence-corrected chi connectivity index (χ0v) is 11.0. The van der Waals surface area contributed by atoms with Crippen LogP contribution < -0.4 is 16.0 Å². The van der Waals surface area contributed by atoms with Crippen LogP contribution in [-0.2, 0) is 6.54 Å². The van der Waals surface area contributed by atoms with E-state index in [0.29, 0.717) is 13.1 Å². The molecule has 1 fully saturated rings. The maximum Gasteiger partial charge on any atom is 0.322 e. The summed E-state index contributed by atoms with van der Waals surface area (Å²) in [6, 6.07) is 11.5. The molecule has 1 aromatic carbocycles. The number of amides is 2. The fourth-order valence-corrected chi connectivity index (χ4v) is 2.36. The van der Waals surface area contributed by atoms with Crippen molar-refractivity contribution >= 4 is 11.7 Å². The second kappa shape index (κ2) is 5.30. The Bertz CT molecular complexity index is 597. The van der Waals surface area contributed by atoms with Crippen LogP contribution in [0.15, 0.2) is 48.8 Å². The van der Waals surface area contributed by atoms with Gasteiger partial charge >= 0.3 is 6.03 Å². The van der Waals surface area contributed by atoms with Crippen LogP contribution in [0.1, 0.15) is 17.2 Å². The highest BCUT2D eigenvalue weighted by Gasteiger charge is 2.30. The predicted octanol–water partition coefficient (Wildman–Crippen LogP) is 1.81. The van der Waals surface area contributed by atoms with E-state index in [1.54, 1.807) is 17.3 Å². The number of nitrogens with two attached hydrogens (primary N) is 1. The van der Waals surface area contributed by atoms with Gasteiger partial charge in [-0.1, -0.05) is 12.1 Å². The molecule has 2 heterocycles. The summed E-state index contributed by atoms with van der Waals surface area (Å²) in [7, 11) is 0. The molecule has 1 aliphatic rings. The van der Waals surface area contributed by atoms with E-state index in [0.717, 1.165) is 16.8 Å². The molecule has 20 heavy (non-hydrogen) atoms. The maximum absolute atomic E-state index is 12.1. The van der Waals surface area contributed by atoms with Crippen LogP contribution in [0, 0.1) is 0 Å². The van der Waals surface area contributed by atoms with Crippen LogP contribution in [0.4, 0.5) is 10.5 Å². The van der Waals surface area contributed by atoms with Crippen molar-refractivity contribution in [3.05, 3.63) is 59.9 Å². The van der Waals surface area contributed by atoms with Gasteiger partial charge in [-0.3, -0.25) is 9.88 Å². The lowest BCUT2D eigenvalue weighted by molar-refractivity contribution is 0.251. The van der Waals surface area contributed by atoms with Gasteiger partial charge in [0, 0.05) is 24.6 Å². The summed E-state index contributed by atoms with van der Waals surface area (Å²) in [5.74, 6) is 0. The monoisotopic (exact) mass is 268 g/mol. The number of benzene rings is 1. The molecule has 3 N–H and O–H groups in total. The zero-order valence-electron chi connectivity index (χ0n) is 11.0. The number of rotatable bonds is 3. The SMILES string of the molecule is NCc1ccc(N2CC(c3ccncc3)NC2=O)cc1. The van der Waals surface area contributed by atoms with Gasteiger partial charge in [-0.25, -0.2) is 4.79 Å². The van der Waals surface area contributed by atoms with Crippen LogP contribution in [-0.4, -0.2) is 17.6 Å². The molecule has 1 atom stereocenters. The summed E-state index contributed by atoms with van der Waals surface area (Å²) in [5.41, 5.74) is 8.58. The number of nitrogens with zero attached hydrogens (tertiary/aromatic N) is 2. The molecule has 0 saturated carbocycles. The summed E-state index contributed by atoms with van der Waals surface area (Å²) >= 11 is 0. The number of hydrogen-bond acceptors (Lipinski definition) is 3. The molecular formula is C15H16N4O. The summed E-state index contributed by atoms with van der Waals surface area (Å²) < 4.78 is 0. The van der Waals surface area contributed by atoms with Crippen LogP contribution in [0.3, 0.4) is 0 Å². The number of aromatic nitrogens is 1. The molecule has 1 aliphatic heterocycles. The van der Waals surface area contributed by atoms with E-state index in [9.17, 15) is 4.79 Å². The van der Waals surface area contributed by atoms with E-state index in [1.165, 1.54) is 0 Å². The summed E-state index contributed by atoms with van der Waals surface area (Å²) in [6.45, 7) is 1.12. The molecular weight excluding hydrogens is 252 g/mol. The number of pyridine rings is 1. The van der Waals surface area contributed by atoms with Crippen molar-refractivity contribution in [1.29, 1.82) is 0 Å². The van der Waals surface area contributed by atoms with E-state index in [-0.39, 0.29) is 12.1 Å². The lowest BCUT2D eigenvalue weighted by Gasteiger charge is -2.15. The van der Waals surface area contributed by atoms with Crippen LogP contribution in [0.2, 0.25) is 0 Å². The summed E-state index contributed by atoms with van der Waals surface area (Å²) in [6.07, 6.45) is 3.47. The first kappa shape index (κ1) is 12.6. The Labute approximate surface area is 117 Å². The van der Waals surface area contributed by atoms with Crippen molar-refractivity contribution in [3.63, 3.8) is 0 Å². The molecule has 102 valence electrons. The van der Waals surface area contributed by atoms with E-state index in [1.807, 2.05) is 36.4 Å². The van der Waals surface area contributed by atoms with Gasteiger partial charge in [0.15, 0.2) is 0 Å². The average Bonchev–Trinajstić information content (AvgIpc) is 2.90. The minimum atomic E-state index is -0.0766. The maximum atomic E-state index is 12.1. The topological polar surface area (TPSA) is 71.2 Å². The fourth-order valence-electron chi connectivity index (χ4n) is 2.36. The number of hydrogen-bond donors (Lipinski definition) is 2. The third-order valence-electron chi connectivity index (χ3n) is 3.50. The largest absolute Gasteiger partial charge is 0.329 e. The Morgan fingerprint density at radius 3 is 2.55 bits per heavy atom. The number of carbonyl (C=O) groups is 1. The Morgan fingerprint density at radius 2 is 1.90 bits per heavy atom. The van der Waals surface area contributed by atoms with Gasteiger partial charge < -0.3 is 11.1 Å². The normalized spacial score (nSPS) is 18.1. The van der Waals surface area contributed by atoms with Crippen LogP contribution in [0.25, 0.3) is 0 Å². The van der Waals surface area contributed by atoms with Gasteiger partial charge in [0.2, 0.25) is 0 Å². The second-order valence-electron chi connectivity index (χ2n) is 4.76. The molecule has 0 radical (unpaired) electrons. The Morgan fingerprint density at radius 1 is 1.20 bits per heavy atom. The van der Waals surface area contributed by atoms with Gasteiger partial charge in [-0.15, -0.1) is 0 Å². The molecule has 1 unspecified atom stereocenters. The first-order chi connectivity index (χ1) is 9.78. The second-order valence-corrected chi connectivity index (χ2v) is 4.76. The molecule has 5 nitrogen and oxygen atoms in total. The quantitative estimate of drug-likeness (QED) is 0.891. The fraction of sp³-hybridized carbons (Fsp3) is 0.200. The first-order valence-corrected chi connectivity index (χ1v) is 6.55. The Kier molecular flexibility index (Phi) is 3.35. The number of anilines is 1. The minimum Gasteiger partial charge on any atom is -0.329 e. The van der Waals surface area contributed by atoms with Crippen molar-refractivity contribution in [2.75, 3.05) is 11.4 Å². The van der Waals surface area contributed by atoms with E-state index >= 15 is 0 Å². The highest BCUT2D eigenvalue weighted by atomic mass is 16.2. The molecule has 0 spiro atoms. The van der Waals surface area contributed by atoms with Crippen molar-refractivity contribution in [2.45, 2.75) is 12.6 Å². The van der Waals surface area contributed by atoms with Crippen molar-refractivity contribution in [3.8, 4) is 0 Å². The molecule has 5 heteroatoms. The van der Waals surface area contributed by atoms with Gasteiger partial charge in [0.05, 0.1) is 12.6 Å². The van der Waals surface area contributed by atoms with Gasteiger partial charge in [0.25, 0.3) is 0 Å². The number of carbonyl (C=O) groups excluding carboxylic acids is 1. The Balaban J connectivity index is 1.80. The van der Waals surface area contributed by atoms with Crippen LogP contribution in [0.5, 0.6) is 0 Å². The number of nitrogens with one attached hydrogen (secondary N) is 1. The first-order valence-electron chi connectivity index (χ1n) is 6.55. The molecule has 1 saturated heterocycles. The van der Waals surface area contributed by atoms with Crippen molar-refractivity contribution in [2.24, 2.45) is 5.73 Å². The zero-order chi connectivity index (χ0) is 13.9. The highest BCUT2D eigenvalue weighted by Crippen LogP contribution is 2.25. The van der Waals surface area contributed by atoms with Gasteiger partial charge in [-0.05, 0) is 35.4 Å². The van der Waals surface area contributed by atoms with Crippen LogP contribution >= 0.6 is 0 Å². The van der Waals surface area contributed by atoms with Crippen molar-refractivity contribution < 1.29 is 4.79 Å². The Hall–Kier alpha value is -2.40. The average molecular weight is 268 g/mol. The molecule has 1 aromatic heterocycles. The molecule has 3 rings (SSSR count). The van der Waals surface area contributed by atoms with E-state index < -0.39 is 0 Å². The lowest BCUT2D eigenvalue weighted by atomic mass is 10.1. The smallest absolute Gasteiger partial charge is 0.322 e. The van der Waals surface area contributed by atoms with E-state index in [4.69, 9.17) is 5.73 Å². The molecule has 0 bridgehead atoms. The molecule has 2 aromatic rings. The van der Waals surface area contributed by atoms with Gasteiger partial charge in [-0.2, -0.15) is 0 Å². The summed E-state index contributed by atoms with van der Waals surface area (Å²) in [4.78, 5) is 17.8. The number of urea groups is 1. The highest BCUT2D eigenvalue weighted by molar-refractivity contribution is 5.94. The predicted molar refractivity (Wildman–Crippen MR) is 77.2 cm³/mol. The molecule has 2 amide bonds. The van der Waals surface area contributed by atoms with Crippen molar-refractivity contribution in [1.82, 2.24) is 10.3 Å². The van der Waals surface area contributed by atoms with E-state index in [2.05, 4.69) is 10.3 Å².